The van der Waals surface area contributed by atoms with Gasteiger partial charge in [0.2, 0.25) is 5.76 Å². The van der Waals surface area contributed by atoms with Gasteiger partial charge in [0.1, 0.15) is 30.3 Å². The van der Waals surface area contributed by atoms with Crippen LogP contribution in [0.1, 0.15) is 39.5 Å². The summed E-state index contributed by atoms with van der Waals surface area (Å²) in [6, 6.07) is 9.89. The SMILES string of the molecule is COC(=O)c1ccc(COC(=O)c2ccccc2OCC2CCCO2)o1. The predicted molar refractivity (Wildman–Crippen MR) is 90.1 cm³/mol. The number of carbonyl (C=O) groups excluding carboxylic acids is 2. The monoisotopic (exact) mass is 360 g/mol. The topological polar surface area (TPSA) is 84.2 Å². The second-order valence-corrected chi connectivity index (χ2v) is 5.78. The number of methoxy groups -OCH3 is 1. The highest BCUT2D eigenvalue weighted by Crippen LogP contribution is 2.22. The minimum atomic E-state index is -0.588. The molecule has 3 rings (SSSR count). The molecular formula is C19H20O7. The van der Waals surface area contributed by atoms with Crippen LogP contribution in [0.5, 0.6) is 5.75 Å². The molecule has 1 saturated heterocycles. The summed E-state index contributed by atoms with van der Waals surface area (Å²) in [4.78, 5) is 23.7. The molecule has 7 nitrogen and oxygen atoms in total. The highest BCUT2D eigenvalue weighted by atomic mass is 16.6. The summed E-state index contributed by atoms with van der Waals surface area (Å²) in [6.07, 6.45) is 2.03. The molecule has 1 fully saturated rings. The zero-order valence-electron chi connectivity index (χ0n) is 14.4. The highest BCUT2D eigenvalue weighted by Gasteiger charge is 2.19. The Morgan fingerprint density at radius 2 is 2.00 bits per heavy atom. The molecule has 1 atom stereocenters. The molecule has 0 aliphatic carbocycles. The van der Waals surface area contributed by atoms with Crippen molar-refractivity contribution in [1.82, 2.24) is 0 Å². The van der Waals surface area contributed by atoms with Gasteiger partial charge in [-0.25, -0.2) is 9.59 Å². The first-order valence-corrected chi connectivity index (χ1v) is 8.35. The number of esters is 2. The van der Waals surface area contributed by atoms with Crippen molar-refractivity contribution >= 4 is 11.9 Å². The third-order valence-electron chi connectivity index (χ3n) is 3.95. The van der Waals surface area contributed by atoms with Crippen LogP contribution in [-0.4, -0.2) is 38.4 Å². The van der Waals surface area contributed by atoms with Crippen LogP contribution in [-0.2, 0) is 20.8 Å². The van der Waals surface area contributed by atoms with Crippen molar-refractivity contribution < 1.29 is 33.0 Å². The van der Waals surface area contributed by atoms with E-state index >= 15 is 0 Å². The minimum Gasteiger partial charge on any atom is -0.490 e. The summed E-state index contributed by atoms with van der Waals surface area (Å²) in [6.45, 7) is 1.04. The highest BCUT2D eigenvalue weighted by molar-refractivity contribution is 5.92. The van der Waals surface area contributed by atoms with Crippen molar-refractivity contribution in [3.05, 3.63) is 53.5 Å². The second kappa shape index (κ2) is 8.53. The Labute approximate surface area is 150 Å². The first-order valence-electron chi connectivity index (χ1n) is 8.35. The van der Waals surface area contributed by atoms with Crippen molar-refractivity contribution in [2.24, 2.45) is 0 Å². The number of benzene rings is 1. The number of ether oxygens (including phenoxy) is 4. The van der Waals surface area contributed by atoms with Gasteiger partial charge in [-0.2, -0.15) is 0 Å². The van der Waals surface area contributed by atoms with Gasteiger partial charge in [-0.05, 0) is 37.1 Å². The third kappa shape index (κ3) is 4.43. The molecule has 1 aliphatic heterocycles. The Morgan fingerprint density at radius 3 is 2.77 bits per heavy atom. The van der Waals surface area contributed by atoms with Crippen molar-refractivity contribution in [2.45, 2.75) is 25.6 Å². The summed E-state index contributed by atoms with van der Waals surface area (Å²) in [5.74, 6) is -0.280. The van der Waals surface area contributed by atoms with Gasteiger partial charge in [-0.15, -0.1) is 0 Å². The largest absolute Gasteiger partial charge is 0.490 e. The van der Waals surface area contributed by atoms with E-state index in [-0.39, 0.29) is 18.5 Å². The molecule has 26 heavy (non-hydrogen) atoms. The fraction of sp³-hybridized carbons (Fsp3) is 0.368. The zero-order valence-corrected chi connectivity index (χ0v) is 14.4. The first kappa shape index (κ1) is 18.0. The van der Waals surface area contributed by atoms with Gasteiger partial charge in [0.15, 0.2) is 0 Å². The molecule has 0 saturated carbocycles. The van der Waals surface area contributed by atoms with Crippen LogP contribution in [0.25, 0.3) is 0 Å². The van der Waals surface area contributed by atoms with E-state index in [4.69, 9.17) is 18.6 Å². The van der Waals surface area contributed by atoms with Gasteiger partial charge in [0.05, 0.1) is 13.2 Å². The van der Waals surface area contributed by atoms with Crippen molar-refractivity contribution in [1.29, 1.82) is 0 Å². The molecule has 1 unspecified atom stereocenters. The minimum absolute atomic E-state index is 0.0545. The van der Waals surface area contributed by atoms with Gasteiger partial charge < -0.3 is 23.4 Å². The van der Waals surface area contributed by atoms with E-state index in [0.717, 1.165) is 19.4 Å². The van der Waals surface area contributed by atoms with Crippen LogP contribution >= 0.6 is 0 Å². The molecule has 1 aromatic heterocycles. The molecule has 1 aliphatic rings. The number of hydrogen-bond acceptors (Lipinski definition) is 7. The summed E-state index contributed by atoms with van der Waals surface area (Å²) >= 11 is 0. The summed E-state index contributed by atoms with van der Waals surface area (Å²) in [5, 5.41) is 0. The summed E-state index contributed by atoms with van der Waals surface area (Å²) in [7, 11) is 1.26. The maximum atomic E-state index is 12.4. The molecule has 7 heteroatoms. The van der Waals surface area contributed by atoms with E-state index in [2.05, 4.69) is 4.74 Å². The quantitative estimate of drug-likeness (QED) is 0.702. The number of hydrogen-bond donors (Lipinski definition) is 0. The summed E-state index contributed by atoms with van der Waals surface area (Å²) < 4.78 is 26.3. The number of carbonyl (C=O) groups is 2. The molecule has 0 amide bonds. The number of para-hydroxylation sites is 1. The van der Waals surface area contributed by atoms with Crippen LogP contribution in [0.15, 0.2) is 40.8 Å². The van der Waals surface area contributed by atoms with Crippen molar-refractivity contribution in [3.63, 3.8) is 0 Å². The Hall–Kier alpha value is -2.80. The smallest absolute Gasteiger partial charge is 0.373 e. The van der Waals surface area contributed by atoms with Crippen LogP contribution in [0, 0.1) is 0 Å². The number of rotatable bonds is 7. The zero-order chi connectivity index (χ0) is 18.4. The Morgan fingerprint density at radius 1 is 1.15 bits per heavy atom. The maximum absolute atomic E-state index is 12.4. The van der Waals surface area contributed by atoms with Gasteiger partial charge in [-0.3, -0.25) is 0 Å². The van der Waals surface area contributed by atoms with E-state index in [1.807, 2.05) is 0 Å². The second-order valence-electron chi connectivity index (χ2n) is 5.78. The van der Waals surface area contributed by atoms with Gasteiger partial charge >= 0.3 is 11.9 Å². The Balaban J connectivity index is 1.58. The van der Waals surface area contributed by atoms with Gasteiger partial charge in [0, 0.05) is 6.61 Å². The Kier molecular flexibility index (Phi) is 5.91. The first-order chi connectivity index (χ1) is 12.7. The van der Waals surface area contributed by atoms with Crippen LogP contribution in [0.4, 0.5) is 0 Å². The predicted octanol–water partition coefficient (Wildman–Crippen LogP) is 2.98. The lowest BCUT2D eigenvalue weighted by molar-refractivity contribution is 0.0423. The fourth-order valence-corrected chi connectivity index (χ4v) is 2.60. The van der Waals surface area contributed by atoms with Crippen molar-refractivity contribution in [3.8, 4) is 5.75 Å². The molecule has 2 heterocycles. The van der Waals surface area contributed by atoms with Gasteiger partial charge in [0.25, 0.3) is 0 Å². The lowest BCUT2D eigenvalue weighted by Gasteiger charge is -2.14. The van der Waals surface area contributed by atoms with E-state index < -0.39 is 11.9 Å². The number of furan rings is 1. The molecular weight excluding hydrogens is 340 g/mol. The molecule has 0 spiro atoms. The molecule has 0 radical (unpaired) electrons. The van der Waals surface area contributed by atoms with E-state index in [1.54, 1.807) is 30.3 Å². The average molecular weight is 360 g/mol. The summed E-state index contributed by atoms with van der Waals surface area (Å²) in [5.41, 5.74) is 0.324. The van der Waals surface area contributed by atoms with Gasteiger partial charge in [-0.1, -0.05) is 12.1 Å². The molecule has 1 aromatic carbocycles. The normalized spacial score (nSPS) is 16.3. The molecule has 0 bridgehead atoms. The maximum Gasteiger partial charge on any atom is 0.373 e. The van der Waals surface area contributed by atoms with Crippen molar-refractivity contribution in [2.75, 3.05) is 20.3 Å². The Bertz CT molecular complexity index is 759. The van der Waals surface area contributed by atoms with E-state index in [9.17, 15) is 9.59 Å². The van der Waals surface area contributed by atoms with E-state index in [0.29, 0.717) is 23.7 Å². The fourth-order valence-electron chi connectivity index (χ4n) is 2.60. The van der Waals surface area contributed by atoms with Crippen LogP contribution < -0.4 is 4.74 Å². The lowest BCUT2D eigenvalue weighted by Crippen LogP contribution is -2.17. The standard InChI is InChI=1S/C19H20O7/c1-22-19(21)17-9-8-14(26-17)12-25-18(20)15-6-2-3-7-16(15)24-11-13-5-4-10-23-13/h2-3,6-9,13H,4-5,10-12H2,1H3. The third-order valence-corrected chi connectivity index (χ3v) is 3.95. The average Bonchev–Trinajstić information content (AvgIpc) is 3.36. The lowest BCUT2D eigenvalue weighted by atomic mass is 10.2. The van der Waals surface area contributed by atoms with Crippen LogP contribution in [0.2, 0.25) is 0 Å². The van der Waals surface area contributed by atoms with E-state index in [1.165, 1.54) is 13.2 Å². The molecule has 0 N–H and O–H groups in total. The molecule has 138 valence electrons. The molecule has 2 aromatic rings. The van der Waals surface area contributed by atoms with Crippen LogP contribution in [0.3, 0.4) is 0 Å².